The molecule has 0 saturated heterocycles. The summed E-state index contributed by atoms with van der Waals surface area (Å²) in [4.78, 5) is 4.34. The van der Waals surface area contributed by atoms with Gasteiger partial charge in [-0.25, -0.2) is 4.98 Å². The molecule has 1 heterocycles. The Kier molecular flexibility index (Phi) is 3.06. The van der Waals surface area contributed by atoms with Gasteiger partial charge in [0.15, 0.2) is 0 Å². The standard InChI is InChI=1S/C13H22N2O/c1-4-6-15-7-5-14-12(15)13(16)8-11(9-13)10(2)3/h5,7,10-11,16H,4,6,8-9H2,1-3H3. The monoisotopic (exact) mass is 222 g/mol. The molecule has 2 rings (SSSR count). The third-order valence-corrected chi connectivity index (χ3v) is 3.74. The van der Waals surface area contributed by atoms with E-state index in [0.29, 0.717) is 11.8 Å². The number of aryl methyl sites for hydroxylation is 1. The maximum absolute atomic E-state index is 10.5. The highest BCUT2D eigenvalue weighted by atomic mass is 16.3. The van der Waals surface area contributed by atoms with E-state index in [1.165, 1.54) is 0 Å². The van der Waals surface area contributed by atoms with E-state index in [-0.39, 0.29) is 0 Å². The largest absolute Gasteiger partial charge is 0.382 e. The molecule has 1 N–H and O–H groups in total. The molecule has 1 fully saturated rings. The fraction of sp³-hybridized carbons (Fsp3) is 0.769. The summed E-state index contributed by atoms with van der Waals surface area (Å²) in [7, 11) is 0. The van der Waals surface area contributed by atoms with Gasteiger partial charge in [-0.1, -0.05) is 20.8 Å². The number of aliphatic hydroxyl groups is 1. The van der Waals surface area contributed by atoms with Crippen LogP contribution in [0.25, 0.3) is 0 Å². The number of nitrogens with zero attached hydrogens (tertiary/aromatic N) is 2. The molecule has 1 aliphatic carbocycles. The van der Waals surface area contributed by atoms with Crippen molar-refractivity contribution in [2.45, 2.75) is 52.2 Å². The molecular weight excluding hydrogens is 200 g/mol. The molecule has 0 aromatic carbocycles. The molecular formula is C13H22N2O. The number of imidazole rings is 1. The number of hydrogen-bond acceptors (Lipinski definition) is 2. The van der Waals surface area contributed by atoms with Crippen LogP contribution in [-0.2, 0) is 12.1 Å². The maximum Gasteiger partial charge on any atom is 0.140 e. The van der Waals surface area contributed by atoms with Crippen molar-refractivity contribution in [3.63, 3.8) is 0 Å². The minimum atomic E-state index is -0.659. The van der Waals surface area contributed by atoms with Crippen LogP contribution in [0.1, 0.15) is 45.9 Å². The quantitative estimate of drug-likeness (QED) is 0.850. The van der Waals surface area contributed by atoms with Crippen molar-refractivity contribution in [2.75, 3.05) is 0 Å². The summed E-state index contributed by atoms with van der Waals surface area (Å²) in [5.74, 6) is 2.18. The van der Waals surface area contributed by atoms with Crippen LogP contribution in [0.15, 0.2) is 12.4 Å². The van der Waals surface area contributed by atoms with Crippen molar-refractivity contribution >= 4 is 0 Å². The fourth-order valence-corrected chi connectivity index (χ4v) is 2.60. The van der Waals surface area contributed by atoms with E-state index in [1.807, 2.05) is 6.20 Å². The molecule has 0 atom stereocenters. The molecule has 1 aromatic rings. The molecule has 3 heteroatoms. The smallest absolute Gasteiger partial charge is 0.140 e. The first-order chi connectivity index (χ1) is 7.57. The van der Waals surface area contributed by atoms with Gasteiger partial charge in [-0.15, -0.1) is 0 Å². The summed E-state index contributed by atoms with van der Waals surface area (Å²) in [6, 6.07) is 0. The molecule has 1 aliphatic rings. The molecule has 1 saturated carbocycles. The van der Waals surface area contributed by atoms with Gasteiger partial charge in [0.2, 0.25) is 0 Å². The normalized spacial score (nSPS) is 29.4. The highest BCUT2D eigenvalue weighted by molar-refractivity contribution is 5.11. The Morgan fingerprint density at radius 2 is 2.25 bits per heavy atom. The molecule has 0 spiro atoms. The molecule has 90 valence electrons. The predicted molar refractivity (Wildman–Crippen MR) is 64.0 cm³/mol. The summed E-state index contributed by atoms with van der Waals surface area (Å²) < 4.78 is 2.09. The van der Waals surface area contributed by atoms with Crippen molar-refractivity contribution in [3.05, 3.63) is 18.2 Å². The van der Waals surface area contributed by atoms with Gasteiger partial charge in [0.1, 0.15) is 11.4 Å². The first-order valence-electron chi connectivity index (χ1n) is 6.31. The van der Waals surface area contributed by atoms with E-state index in [2.05, 4.69) is 30.3 Å². The molecule has 0 bridgehead atoms. The average Bonchev–Trinajstić information content (AvgIpc) is 2.62. The van der Waals surface area contributed by atoms with Gasteiger partial charge in [0.25, 0.3) is 0 Å². The first-order valence-corrected chi connectivity index (χ1v) is 6.31. The summed E-state index contributed by atoms with van der Waals surface area (Å²) in [6.07, 6.45) is 6.58. The van der Waals surface area contributed by atoms with Gasteiger partial charge < -0.3 is 9.67 Å². The summed E-state index contributed by atoms with van der Waals surface area (Å²) >= 11 is 0. The fourth-order valence-electron chi connectivity index (χ4n) is 2.60. The maximum atomic E-state index is 10.5. The van der Waals surface area contributed by atoms with E-state index in [1.54, 1.807) is 6.20 Å². The second kappa shape index (κ2) is 4.21. The zero-order valence-corrected chi connectivity index (χ0v) is 10.5. The Morgan fingerprint density at radius 3 is 2.81 bits per heavy atom. The summed E-state index contributed by atoms with van der Waals surface area (Å²) in [5, 5.41) is 10.5. The minimum Gasteiger partial charge on any atom is -0.382 e. The molecule has 1 aromatic heterocycles. The van der Waals surface area contributed by atoms with Gasteiger partial charge in [-0.2, -0.15) is 0 Å². The zero-order valence-electron chi connectivity index (χ0n) is 10.5. The Hall–Kier alpha value is -0.830. The SMILES string of the molecule is CCCn1ccnc1C1(O)CC(C(C)C)C1. The van der Waals surface area contributed by atoms with E-state index in [4.69, 9.17) is 0 Å². The van der Waals surface area contributed by atoms with Crippen molar-refractivity contribution < 1.29 is 5.11 Å². The lowest BCUT2D eigenvalue weighted by Crippen LogP contribution is -2.45. The minimum absolute atomic E-state index is 0.650. The van der Waals surface area contributed by atoms with E-state index >= 15 is 0 Å². The molecule has 16 heavy (non-hydrogen) atoms. The van der Waals surface area contributed by atoms with Gasteiger partial charge in [0, 0.05) is 18.9 Å². The lowest BCUT2D eigenvalue weighted by molar-refractivity contribution is -0.102. The van der Waals surface area contributed by atoms with Crippen LogP contribution in [0.3, 0.4) is 0 Å². The van der Waals surface area contributed by atoms with E-state index in [0.717, 1.165) is 31.6 Å². The Morgan fingerprint density at radius 1 is 1.56 bits per heavy atom. The van der Waals surface area contributed by atoms with Crippen molar-refractivity contribution in [1.29, 1.82) is 0 Å². The van der Waals surface area contributed by atoms with Crippen molar-refractivity contribution in [2.24, 2.45) is 11.8 Å². The Bertz CT molecular complexity index is 351. The zero-order chi connectivity index (χ0) is 11.8. The molecule has 0 unspecified atom stereocenters. The lowest BCUT2D eigenvalue weighted by Gasteiger charge is -2.45. The average molecular weight is 222 g/mol. The second-order valence-electron chi connectivity index (χ2n) is 5.39. The summed E-state index contributed by atoms with van der Waals surface area (Å²) in [5.41, 5.74) is -0.659. The third-order valence-electron chi connectivity index (χ3n) is 3.74. The van der Waals surface area contributed by atoms with Crippen LogP contribution in [0.2, 0.25) is 0 Å². The highest BCUT2D eigenvalue weighted by Crippen LogP contribution is 2.48. The van der Waals surface area contributed by atoms with Gasteiger partial charge in [0.05, 0.1) is 0 Å². The summed E-state index contributed by atoms with van der Waals surface area (Å²) in [6.45, 7) is 7.54. The predicted octanol–water partition coefficient (Wildman–Crippen LogP) is 2.55. The Labute approximate surface area is 97.5 Å². The first kappa shape index (κ1) is 11.6. The van der Waals surface area contributed by atoms with Gasteiger partial charge >= 0.3 is 0 Å². The van der Waals surface area contributed by atoms with Crippen LogP contribution < -0.4 is 0 Å². The number of hydrogen-bond donors (Lipinski definition) is 1. The second-order valence-corrected chi connectivity index (χ2v) is 5.39. The number of rotatable bonds is 4. The van der Waals surface area contributed by atoms with E-state index in [9.17, 15) is 5.11 Å². The molecule has 0 aliphatic heterocycles. The topological polar surface area (TPSA) is 38.0 Å². The van der Waals surface area contributed by atoms with Crippen molar-refractivity contribution in [3.8, 4) is 0 Å². The highest BCUT2D eigenvalue weighted by Gasteiger charge is 2.47. The molecule has 0 amide bonds. The Balaban J connectivity index is 2.10. The van der Waals surface area contributed by atoms with Crippen LogP contribution in [-0.4, -0.2) is 14.7 Å². The van der Waals surface area contributed by atoms with Gasteiger partial charge in [-0.05, 0) is 31.1 Å². The van der Waals surface area contributed by atoms with Crippen LogP contribution >= 0.6 is 0 Å². The third kappa shape index (κ3) is 1.88. The van der Waals surface area contributed by atoms with Crippen LogP contribution in [0.4, 0.5) is 0 Å². The lowest BCUT2D eigenvalue weighted by atomic mass is 9.66. The van der Waals surface area contributed by atoms with Crippen molar-refractivity contribution in [1.82, 2.24) is 9.55 Å². The van der Waals surface area contributed by atoms with E-state index < -0.39 is 5.60 Å². The van der Waals surface area contributed by atoms with Crippen LogP contribution in [0, 0.1) is 11.8 Å². The van der Waals surface area contributed by atoms with Gasteiger partial charge in [-0.3, -0.25) is 0 Å². The van der Waals surface area contributed by atoms with Crippen LogP contribution in [0.5, 0.6) is 0 Å². The molecule has 3 nitrogen and oxygen atoms in total. The molecule has 0 radical (unpaired) electrons. The number of aromatic nitrogens is 2.